The Hall–Kier alpha value is -2.81. The van der Waals surface area contributed by atoms with E-state index >= 15 is 0 Å². The molecule has 0 radical (unpaired) electrons. The highest BCUT2D eigenvalue weighted by molar-refractivity contribution is 5.85. The summed E-state index contributed by atoms with van der Waals surface area (Å²) in [6, 6.07) is 21.9. The van der Waals surface area contributed by atoms with Crippen molar-refractivity contribution in [3.8, 4) is 5.75 Å². The number of ether oxygens (including phenoxy) is 1. The van der Waals surface area contributed by atoms with E-state index in [1.807, 2.05) is 24.3 Å². The molecule has 1 N–H and O–H groups in total. The number of aliphatic carboxylic acids is 1. The van der Waals surface area contributed by atoms with Crippen molar-refractivity contribution in [2.24, 2.45) is 0 Å². The number of carboxylic acids is 1. The first kappa shape index (κ1) is 15.1. The number of hydrogen-bond donors (Lipinski definition) is 1. The number of carboxylic acid groups (broad SMARTS) is 1. The van der Waals surface area contributed by atoms with Crippen molar-refractivity contribution in [3.63, 3.8) is 0 Å². The first-order valence-electron chi connectivity index (χ1n) is 7.62. The minimum Gasteiger partial charge on any atom is -0.493 e. The summed E-state index contributed by atoms with van der Waals surface area (Å²) in [5.74, 6) is -0.0611. The van der Waals surface area contributed by atoms with Crippen molar-refractivity contribution in [3.05, 3.63) is 77.9 Å². The molecular weight excluding hydrogens is 288 g/mol. The van der Waals surface area contributed by atoms with Crippen LogP contribution in [0.1, 0.15) is 11.1 Å². The number of benzene rings is 3. The number of fused-ring (bicyclic) bond motifs is 1. The Morgan fingerprint density at radius 1 is 0.913 bits per heavy atom. The molecule has 0 aliphatic rings. The molecule has 0 aliphatic carbocycles. The molecule has 3 rings (SSSR count). The second kappa shape index (κ2) is 6.97. The van der Waals surface area contributed by atoms with Crippen LogP contribution < -0.4 is 4.74 Å². The van der Waals surface area contributed by atoms with Gasteiger partial charge in [0.05, 0.1) is 13.0 Å². The average Bonchev–Trinajstić information content (AvgIpc) is 2.56. The van der Waals surface area contributed by atoms with Gasteiger partial charge in [-0.3, -0.25) is 4.79 Å². The van der Waals surface area contributed by atoms with Gasteiger partial charge in [0.1, 0.15) is 5.75 Å². The second-order valence-corrected chi connectivity index (χ2v) is 5.45. The third kappa shape index (κ3) is 3.89. The normalized spacial score (nSPS) is 10.6. The van der Waals surface area contributed by atoms with Gasteiger partial charge in [-0.2, -0.15) is 0 Å². The molecule has 0 aromatic heterocycles. The van der Waals surface area contributed by atoms with Crippen LogP contribution in [0.15, 0.2) is 66.7 Å². The van der Waals surface area contributed by atoms with Gasteiger partial charge in [0.2, 0.25) is 0 Å². The third-order valence-electron chi connectivity index (χ3n) is 3.80. The predicted octanol–water partition coefficient (Wildman–Crippen LogP) is 4.09. The molecule has 0 atom stereocenters. The van der Waals surface area contributed by atoms with Gasteiger partial charge in [-0.1, -0.05) is 54.6 Å². The van der Waals surface area contributed by atoms with Gasteiger partial charge in [-0.25, -0.2) is 0 Å². The van der Waals surface area contributed by atoms with E-state index in [-0.39, 0.29) is 6.42 Å². The SMILES string of the molecule is O=C(O)Cc1ccc(OCCc2cccc3ccccc23)cc1. The number of hydrogen-bond acceptors (Lipinski definition) is 2. The number of rotatable bonds is 6. The van der Waals surface area contributed by atoms with E-state index in [2.05, 4.69) is 30.3 Å². The molecule has 0 aliphatic heterocycles. The van der Waals surface area contributed by atoms with Crippen LogP contribution in [-0.2, 0) is 17.6 Å². The van der Waals surface area contributed by atoms with E-state index in [0.29, 0.717) is 6.61 Å². The zero-order chi connectivity index (χ0) is 16.1. The monoisotopic (exact) mass is 306 g/mol. The highest BCUT2D eigenvalue weighted by Gasteiger charge is 2.03. The minimum absolute atomic E-state index is 0.0380. The molecule has 0 unspecified atom stereocenters. The van der Waals surface area contributed by atoms with Crippen molar-refractivity contribution in [2.75, 3.05) is 6.61 Å². The molecule has 3 nitrogen and oxygen atoms in total. The van der Waals surface area contributed by atoms with E-state index in [4.69, 9.17) is 9.84 Å². The molecule has 0 amide bonds. The predicted molar refractivity (Wildman–Crippen MR) is 90.9 cm³/mol. The third-order valence-corrected chi connectivity index (χ3v) is 3.80. The van der Waals surface area contributed by atoms with Gasteiger partial charge in [-0.05, 0) is 34.0 Å². The molecule has 0 saturated carbocycles. The highest BCUT2D eigenvalue weighted by atomic mass is 16.5. The first-order valence-corrected chi connectivity index (χ1v) is 7.62. The van der Waals surface area contributed by atoms with Gasteiger partial charge in [0.15, 0.2) is 0 Å². The summed E-state index contributed by atoms with van der Waals surface area (Å²) < 4.78 is 5.77. The zero-order valence-electron chi connectivity index (χ0n) is 12.7. The highest BCUT2D eigenvalue weighted by Crippen LogP contribution is 2.19. The van der Waals surface area contributed by atoms with Crippen LogP contribution in [0, 0.1) is 0 Å². The molecule has 23 heavy (non-hydrogen) atoms. The summed E-state index contributed by atoms with van der Waals surface area (Å²) in [5, 5.41) is 11.3. The van der Waals surface area contributed by atoms with E-state index in [0.717, 1.165) is 17.7 Å². The van der Waals surface area contributed by atoms with E-state index in [1.54, 1.807) is 12.1 Å². The summed E-state index contributed by atoms with van der Waals surface area (Å²) in [7, 11) is 0. The minimum atomic E-state index is -0.824. The van der Waals surface area contributed by atoms with Crippen LogP contribution >= 0.6 is 0 Å². The molecular formula is C20H18O3. The van der Waals surface area contributed by atoms with Crippen molar-refractivity contribution in [1.82, 2.24) is 0 Å². The Morgan fingerprint density at radius 2 is 1.65 bits per heavy atom. The lowest BCUT2D eigenvalue weighted by Crippen LogP contribution is -2.03. The quantitative estimate of drug-likeness (QED) is 0.746. The van der Waals surface area contributed by atoms with E-state index in [1.165, 1.54) is 16.3 Å². The lowest BCUT2D eigenvalue weighted by atomic mass is 10.0. The smallest absolute Gasteiger partial charge is 0.307 e. The van der Waals surface area contributed by atoms with Gasteiger partial charge >= 0.3 is 5.97 Å². The molecule has 0 heterocycles. The summed E-state index contributed by atoms with van der Waals surface area (Å²) in [6.07, 6.45) is 0.870. The van der Waals surface area contributed by atoms with Crippen LogP contribution in [-0.4, -0.2) is 17.7 Å². The Bertz CT molecular complexity index is 801. The standard InChI is InChI=1S/C20H18O3/c21-20(22)14-15-8-10-18(11-9-15)23-13-12-17-6-3-5-16-4-1-2-7-19(16)17/h1-11H,12-14H2,(H,21,22). The maximum Gasteiger partial charge on any atom is 0.307 e. The van der Waals surface area contributed by atoms with Crippen molar-refractivity contribution >= 4 is 16.7 Å². The number of carbonyl (C=O) groups is 1. The molecule has 0 saturated heterocycles. The molecule has 0 bridgehead atoms. The molecule has 3 aromatic rings. The van der Waals surface area contributed by atoms with Crippen LogP contribution in [0.5, 0.6) is 5.75 Å². The van der Waals surface area contributed by atoms with Crippen molar-refractivity contribution in [1.29, 1.82) is 0 Å². The summed E-state index contributed by atoms with van der Waals surface area (Å²) in [5.41, 5.74) is 2.05. The Balaban J connectivity index is 1.61. The second-order valence-electron chi connectivity index (χ2n) is 5.45. The maximum absolute atomic E-state index is 10.7. The van der Waals surface area contributed by atoms with Gasteiger partial charge in [0.25, 0.3) is 0 Å². The van der Waals surface area contributed by atoms with Crippen LogP contribution in [0.4, 0.5) is 0 Å². The molecule has 0 fully saturated rings. The Morgan fingerprint density at radius 3 is 2.43 bits per heavy atom. The Kier molecular flexibility index (Phi) is 4.57. The molecule has 116 valence electrons. The van der Waals surface area contributed by atoms with Crippen molar-refractivity contribution in [2.45, 2.75) is 12.8 Å². The van der Waals surface area contributed by atoms with Crippen LogP contribution in [0.2, 0.25) is 0 Å². The molecule has 3 aromatic carbocycles. The zero-order valence-corrected chi connectivity index (χ0v) is 12.7. The lowest BCUT2D eigenvalue weighted by Gasteiger charge is -2.09. The maximum atomic E-state index is 10.7. The molecule has 3 heteroatoms. The largest absolute Gasteiger partial charge is 0.493 e. The van der Waals surface area contributed by atoms with Crippen molar-refractivity contribution < 1.29 is 14.6 Å². The van der Waals surface area contributed by atoms with E-state index in [9.17, 15) is 4.79 Å². The fourth-order valence-corrected chi connectivity index (χ4v) is 2.67. The average molecular weight is 306 g/mol. The summed E-state index contributed by atoms with van der Waals surface area (Å²) >= 11 is 0. The van der Waals surface area contributed by atoms with Gasteiger partial charge in [-0.15, -0.1) is 0 Å². The topological polar surface area (TPSA) is 46.5 Å². The summed E-state index contributed by atoms with van der Waals surface area (Å²) in [4.78, 5) is 10.7. The lowest BCUT2D eigenvalue weighted by molar-refractivity contribution is -0.136. The first-order chi connectivity index (χ1) is 11.2. The van der Waals surface area contributed by atoms with Crippen LogP contribution in [0.3, 0.4) is 0 Å². The van der Waals surface area contributed by atoms with E-state index < -0.39 is 5.97 Å². The summed E-state index contributed by atoms with van der Waals surface area (Å²) in [6.45, 7) is 0.590. The van der Waals surface area contributed by atoms with Crippen LogP contribution in [0.25, 0.3) is 10.8 Å². The van der Waals surface area contributed by atoms with Gasteiger partial charge < -0.3 is 9.84 Å². The fraction of sp³-hybridized carbons (Fsp3) is 0.150. The van der Waals surface area contributed by atoms with Gasteiger partial charge in [0, 0.05) is 6.42 Å². The molecule has 0 spiro atoms. The Labute approximate surface area is 135 Å². The fourth-order valence-electron chi connectivity index (χ4n) is 2.67.